The highest BCUT2D eigenvalue weighted by Gasteiger charge is 2.34. The molecule has 0 fully saturated rings. The molecule has 0 aromatic heterocycles. The Morgan fingerprint density at radius 1 is 1.52 bits per heavy atom. The Labute approximate surface area is 123 Å². The Hall–Kier alpha value is -1.95. The van der Waals surface area contributed by atoms with Crippen molar-refractivity contribution in [1.82, 2.24) is 4.90 Å². The first kappa shape index (κ1) is 14.0. The molecule has 2 aliphatic rings. The van der Waals surface area contributed by atoms with E-state index in [1.807, 2.05) is 13.0 Å². The van der Waals surface area contributed by atoms with Crippen LogP contribution in [0.5, 0.6) is 17.2 Å². The average molecular weight is 292 g/mol. The maximum absolute atomic E-state index is 8.97. The van der Waals surface area contributed by atoms with Gasteiger partial charge in [0.15, 0.2) is 11.5 Å². The first-order valence-electron chi connectivity index (χ1n) is 7.02. The molecule has 2 aliphatic heterocycles. The van der Waals surface area contributed by atoms with E-state index in [1.165, 1.54) is 5.56 Å². The number of benzene rings is 1. The molecule has 2 heterocycles. The smallest absolute Gasteiger partial charge is 0.231 e. The van der Waals surface area contributed by atoms with Crippen LogP contribution in [0.1, 0.15) is 30.5 Å². The Morgan fingerprint density at radius 3 is 3.05 bits per heavy atom. The van der Waals surface area contributed by atoms with E-state index in [0.29, 0.717) is 17.9 Å². The van der Waals surface area contributed by atoms with Gasteiger partial charge in [-0.15, -0.1) is 0 Å². The molecule has 0 saturated carbocycles. The second-order valence-corrected chi connectivity index (χ2v) is 5.50. The van der Waals surface area contributed by atoms with Crippen LogP contribution in [0.3, 0.4) is 0 Å². The second kappa shape index (κ2) is 5.44. The molecule has 0 bridgehead atoms. The molecule has 0 radical (unpaired) electrons. The van der Waals surface area contributed by atoms with E-state index in [9.17, 15) is 0 Å². The van der Waals surface area contributed by atoms with Crippen molar-refractivity contribution in [1.29, 1.82) is 0 Å². The molecule has 0 unspecified atom stereocenters. The van der Waals surface area contributed by atoms with E-state index in [1.54, 1.807) is 7.11 Å². The lowest BCUT2D eigenvalue weighted by atomic mass is 9.88. The number of nitrogens with zero attached hydrogens (tertiary/aromatic N) is 2. The molecule has 6 nitrogen and oxygen atoms in total. The van der Waals surface area contributed by atoms with Crippen LogP contribution in [0.15, 0.2) is 11.2 Å². The molecular weight excluding hydrogens is 272 g/mol. The van der Waals surface area contributed by atoms with Crippen molar-refractivity contribution in [3.8, 4) is 17.2 Å². The third kappa shape index (κ3) is 2.29. The summed E-state index contributed by atoms with van der Waals surface area (Å²) in [6.07, 6.45) is 1.58. The summed E-state index contributed by atoms with van der Waals surface area (Å²) >= 11 is 0. The molecule has 0 saturated heterocycles. The van der Waals surface area contributed by atoms with Crippen molar-refractivity contribution in [3.05, 3.63) is 17.2 Å². The molecule has 0 amide bonds. The van der Waals surface area contributed by atoms with Gasteiger partial charge in [-0.3, -0.25) is 4.90 Å². The van der Waals surface area contributed by atoms with Crippen LogP contribution < -0.4 is 14.2 Å². The quantitative estimate of drug-likeness (QED) is 0.525. The van der Waals surface area contributed by atoms with Gasteiger partial charge in [0.05, 0.1) is 12.8 Å². The van der Waals surface area contributed by atoms with Crippen molar-refractivity contribution in [3.63, 3.8) is 0 Å². The highest BCUT2D eigenvalue weighted by atomic mass is 16.7. The number of ether oxygens (including phenoxy) is 3. The van der Waals surface area contributed by atoms with Crippen LogP contribution in [0.25, 0.3) is 0 Å². The Bertz CT molecular complexity index is 586. The van der Waals surface area contributed by atoms with Gasteiger partial charge in [0.1, 0.15) is 0 Å². The van der Waals surface area contributed by atoms with Crippen LogP contribution in [0, 0.1) is 0 Å². The molecular formula is C15H20N2O4. The minimum Gasteiger partial charge on any atom is -0.492 e. The third-order valence-corrected chi connectivity index (χ3v) is 4.21. The van der Waals surface area contributed by atoms with Crippen LogP contribution in [0.4, 0.5) is 0 Å². The summed E-state index contributed by atoms with van der Waals surface area (Å²) in [4.78, 5) is 2.25. The van der Waals surface area contributed by atoms with Gasteiger partial charge >= 0.3 is 0 Å². The van der Waals surface area contributed by atoms with E-state index in [4.69, 9.17) is 19.4 Å². The number of hydrogen-bond acceptors (Lipinski definition) is 6. The summed E-state index contributed by atoms with van der Waals surface area (Å²) in [5.41, 5.74) is 3.02. The van der Waals surface area contributed by atoms with Gasteiger partial charge in [-0.25, -0.2) is 0 Å². The number of methoxy groups -OCH3 is 1. The van der Waals surface area contributed by atoms with E-state index < -0.39 is 0 Å². The molecule has 1 aromatic rings. The van der Waals surface area contributed by atoms with E-state index in [-0.39, 0.29) is 12.8 Å². The summed E-state index contributed by atoms with van der Waals surface area (Å²) in [5.74, 6) is 2.17. The summed E-state index contributed by atoms with van der Waals surface area (Å²) in [6, 6.07) is 2.15. The number of oxime groups is 1. The lowest BCUT2D eigenvalue weighted by Crippen LogP contribution is -2.33. The SMILES string of the molecule is COc1c2c(cc3c1[C@H](CC(C)=NO)N(C)CC3)OCO2. The Morgan fingerprint density at radius 2 is 2.33 bits per heavy atom. The topological polar surface area (TPSA) is 63.5 Å². The summed E-state index contributed by atoms with van der Waals surface area (Å²) in [6.45, 7) is 2.99. The van der Waals surface area contributed by atoms with Crippen LogP contribution in [0.2, 0.25) is 0 Å². The fraction of sp³-hybridized carbons (Fsp3) is 0.533. The Balaban J connectivity index is 2.11. The fourth-order valence-corrected chi connectivity index (χ4v) is 3.10. The van der Waals surface area contributed by atoms with Gasteiger partial charge in [-0.1, -0.05) is 5.16 Å². The Kier molecular flexibility index (Phi) is 3.63. The molecule has 6 heteroatoms. The van der Waals surface area contributed by atoms with E-state index >= 15 is 0 Å². The maximum Gasteiger partial charge on any atom is 0.231 e. The van der Waals surface area contributed by atoms with Gasteiger partial charge in [-0.05, 0) is 32.0 Å². The predicted molar refractivity (Wildman–Crippen MR) is 77.7 cm³/mol. The number of fused-ring (bicyclic) bond motifs is 2. The van der Waals surface area contributed by atoms with Gasteiger partial charge in [0.25, 0.3) is 0 Å². The zero-order chi connectivity index (χ0) is 15.0. The molecule has 114 valence electrons. The number of hydrogen-bond donors (Lipinski definition) is 1. The highest BCUT2D eigenvalue weighted by Crippen LogP contribution is 2.49. The third-order valence-electron chi connectivity index (χ3n) is 4.21. The minimum atomic E-state index is 0.106. The van der Waals surface area contributed by atoms with Gasteiger partial charge in [-0.2, -0.15) is 0 Å². The maximum atomic E-state index is 8.97. The van der Waals surface area contributed by atoms with Gasteiger partial charge in [0.2, 0.25) is 12.5 Å². The first-order chi connectivity index (χ1) is 10.2. The van der Waals surface area contributed by atoms with Crippen LogP contribution in [-0.4, -0.2) is 43.3 Å². The molecule has 1 atom stereocenters. The molecule has 1 aromatic carbocycles. The van der Waals surface area contributed by atoms with Crippen LogP contribution in [-0.2, 0) is 6.42 Å². The van der Waals surface area contributed by atoms with E-state index in [2.05, 4.69) is 17.1 Å². The molecule has 0 spiro atoms. The highest BCUT2D eigenvalue weighted by molar-refractivity contribution is 5.82. The summed E-state index contributed by atoms with van der Waals surface area (Å²) in [5, 5.41) is 12.3. The fourth-order valence-electron chi connectivity index (χ4n) is 3.10. The largest absolute Gasteiger partial charge is 0.492 e. The number of likely N-dealkylation sites (N-methyl/N-ethyl adjacent to an activating group) is 1. The number of rotatable bonds is 3. The van der Waals surface area contributed by atoms with E-state index in [0.717, 1.165) is 30.0 Å². The van der Waals surface area contributed by atoms with Gasteiger partial charge < -0.3 is 19.4 Å². The molecule has 0 aliphatic carbocycles. The van der Waals surface area contributed by atoms with Gasteiger partial charge in [0, 0.05) is 24.6 Å². The second-order valence-electron chi connectivity index (χ2n) is 5.50. The normalized spacial score (nSPS) is 21.3. The predicted octanol–water partition coefficient (Wildman–Crippen LogP) is 2.19. The molecule has 21 heavy (non-hydrogen) atoms. The average Bonchev–Trinajstić information content (AvgIpc) is 2.95. The summed E-state index contributed by atoms with van der Waals surface area (Å²) in [7, 11) is 3.72. The minimum absolute atomic E-state index is 0.106. The monoisotopic (exact) mass is 292 g/mol. The lowest BCUT2D eigenvalue weighted by molar-refractivity contribution is 0.170. The van der Waals surface area contributed by atoms with Crippen LogP contribution >= 0.6 is 0 Å². The van der Waals surface area contributed by atoms with Crippen molar-refractivity contribution >= 4 is 5.71 Å². The standard InChI is InChI=1S/C15H20N2O4/c1-9(16-18)6-11-13-10(4-5-17(11)2)7-12-14(15(13)19-3)21-8-20-12/h7,11,18H,4-6,8H2,1-3H3/t11-/m0/s1. The van der Waals surface area contributed by atoms with Crippen molar-refractivity contribution < 1.29 is 19.4 Å². The molecule has 1 N–H and O–H groups in total. The zero-order valence-corrected chi connectivity index (χ0v) is 12.5. The van der Waals surface area contributed by atoms with Crippen molar-refractivity contribution in [2.45, 2.75) is 25.8 Å². The first-order valence-corrected chi connectivity index (χ1v) is 7.02. The zero-order valence-electron chi connectivity index (χ0n) is 12.5. The summed E-state index contributed by atoms with van der Waals surface area (Å²) < 4.78 is 16.7. The lowest BCUT2D eigenvalue weighted by Gasteiger charge is -2.35. The van der Waals surface area contributed by atoms with Crippen molar-refractivity contribution in [2.75, 3.05) is 27.5 Å². The van der Waals surface area contributed by atoms with Crippen molar-refractivity contribution in [2.24, 2.45) is 5.16 Å². The molecule has 3 rings (SSSR count).